The van der Waals surface area contributed by atoms with Gasteiger partial charge in [-0.15, -0.1) is 0 Å². The molecule has 1 amide bonds. The van der Waals surface area contributed by atoms with E-state index in [0.29, 0.717) is 17.7 Å². The van der Waals surface area contributed by atoms with Gasteiger partial charge in [-0.3, -0.25) is 9.48 Å². The van der Waals surface area contributed by atoms with Crippen molar-refractivity contribution in [1.29, 1.82) is 0 Å². The van der Waals surface area contributed by atoms with Crippen molar-refractivity contribution in [1.82, 2.24) is 25.1 Å². The number of nitrogens with one attached hydrogen (secondary N) is 1. The molecule has 2 aromatic heterocycles. The first-order valence-corrected chi connectivity index (χ1v) is 10.7. The summed E-state index contributed by atoms with van der Waals surface area (Å²) in [6.45, 7) is 6.04. The number of amides is 1. The summed E-state index contributed by atoms with van der Waals surface area (Å²) in [5.41, 5.74) is 0.902. The number of carbonyl (C=O) groups excluding carboxylic acids is 1. The highest BCUT2D eigenvalue weighted by molar-refractivity contribution is 5.87. The van der Waals surface area contributed by atoms with Crippen molar-refractivity contribution in [3.63, 3.8) is 0 Å². The van der Waals surface area contributed by atoms with E-state index in [1.54, 1.807) is 0 Å². The maximum atomic E-state index is 12.8. The van der Waals surface area contributed by atoms with E-state index in [0.717, 1.165) is 61.4 Å². The van der Waals surface area contributed by atoms with Crippen LogP contribution in [0, 0.1) is 24.2 Å². The van der Waals surface area contributed by atoms with Crippen LogP contribution >= 0.6 is 0 Å². The average Bonchev–Trinajstić information content (AvgIpc) is 3.05. The second-order valence-electron chi connectivity index (χ2n) is 9.14. The third-order valence-corrected chi connectivity index (χ3v) is 7.45. The van der Waals surface area contributed by atoms with Crippen LogP contribution in [0.2, 0.25) is 0 Å². The number of aromatic nitrogens is 4. The minimum Gasteiger partial charge on any atom is -0.356 e. The zero-order valence-corrected chi connectivity index (χ0v) is 17.1. The highest BCUT2D eigenvalue weighted by Crippen LogP contribution is 2.63. The molecule has 150 valence electrons. The first-order valence-electron chi connectivity index (χ1n) is 10.7. The number of nitrogens with zero attached hydrogens (tertiary/aromatic N) is 5. The minimum absolute atomic E-state index is 0.0133. The Bertz CT molecular complexity index is 915. The molecule has 3 heterocycles. The number of piperidine rings is 1. The Balaban J connectivity index is 1.24. The molecule has 2 aliphatic carbocycles. The standard InChI is InChI=1S/C21H30N6O/c1-13(23-20(28)21-8-4-5-16(21)11-21)15-6-9-27(10-7-15)19-17-12-22-26(3)18(17)24-14(2)25-19/h12-13,15-16H,4-11H2,1-3H3,(H,23,28)/t13-,16-,21-/m1/s1. The first kappa shape index (κ1) is 17.9. The van der Waals surface area contributed by atoms with E-state index in [-0.39, 0.29) is 11.5 Å². The molecule has 7 heteroatoms. The number of aryl methyl sites for hydroxylation is 2. The summed E-state index contributed by atoms with van der Waals surface area (Å²) in [7, 11) is 1.92. The van der Waals surface area contributed by atoms with Crippen LogP contribution in [0.15, 0.2) is 6.20 Å². The lowest BCUT2D eigenvalue weighted by atomic mass is 9.89. The zero-order valence-electron chi connectivity index (χ0n) is 17.1. The Morgan fingerprint density at radius 3 is 2.75 bits per heavy atom. The van der Waals surface area contributed by atoms with Gasteiger partial charge in [0.2, 0.25) is 5.91 Å². The van der Waals surface area contributed by atoms with Crippen LogP contribution in [0.25, 0.3) is 11.0 Å². The van der Waals surface area contributed by atoms with Gasteiger partial charge in [0.25, 0.3) is 0 Å². The predicted octanol–water partition coefficient (Wildman–Crippen LogP) is 2.58. The Morgan fingerprint density at radius 1 is 1.29 bits per heavy atom. The van der Waals surface area contributed by atoms with Crippen molar-refractivity contribution < 1.29 is 4.79 Å². The molecule has 0 bridgehead atoms. The Morgan fingerprint density at radius 2 is 2.07 bits per heavy atom. The van der Waals surface area contributed by atoms with Crippen molar-refractivity contribution in [3.8, 4) is 0 Å². The van der Waals surface area contributed by atoms with Gasteiger partial charge < -0.3 is 10.2 Å². The normalized spacial score (nSPS) is 28.4. The van der Waals surface area contributed by atoms with Crippen LogP contribution in [0.1, 0.15) is 51.3 Å². The second-order valence-corrected chi connectivity index (χ2v) is 9.14. The number of hydrogen-bond acceptors (Lipinski definition) is 5. The fraction of sp³-hybridized carbons (Fsp3) is 0.714. The van der Waals surface area contributed by atoms with E-state index in [1.165, 1.54) is 12.8 Å². The fourth-order valence-corrected chi connectivity index (χ4v) is 5.55. The Kier molecular flexibility index (Phi) is 4.10. The van der Waals surface area contributed by atoms with Gasteiger partial charge in [-0.1, -0.05) is 6.42 Å². The lowest BCUT2D eigenvalue weighted by molar-refractivity contribution is -0.127. The molecule has 1 saturated heterocycles. The quantitative estimate of drug-likeness (QED) is 0.880. The SMILES string of the molecule is Cc1nc(N2CCC([C@@H](C)NC(=O)[C@@]34CCC[C@@H]3C4)CC2)c2cnn(C)c2n1. The molecule has 0 spiro atoms. The van der Waals surface area contributed by atoms with Crippen LogP contribution in [0.3, 0.4) is 0 Å². The molecule has 0 unspecified atom stereocenters. The maximum Gasteiger partial charge on any atom is 0.226 e. The van der Waals surface area contributed by atoms with Crippen molar-refractivity contribution in [2.24, 2.45) is 24.3 Å². The lowest BCUT2D eigenvalue weighted by Gasteiger charge is -2.36. The summed E-state index contributed by atoms with van der Waals surface area (Å²) in [4.78, 5) is 24.4. The van der Waals surface area contributed by atoms with Gasteiger partial charge in [-0.2, -0.15) is 5.10 Å². The van der Waals surface area contributed by atoms with Crippen LogP contribution in [-0.2, 0) is 11.8 Å². The van der Waals surface area contributed by atoms with Gasteiger partial charge in [0.15, 0.2) is 5.65 Å². The molecule has 3 fully saturated rings. The molecule has 28 heavy (non-hydrogen) atoms. The lowest BCUT2D eigenvalue weighted by Crippen LogP contribution is -2.46. The molecule has 0 radical (unpaired) electrons. The number of hydrogen-bond donors (Lipinski definition) is 1. The van der Waals surface area contributed by atoms with Crippen molar-refractivity contribution >= 4 is 22.8 Å². The van der Waals surface area contributed by atoms with Crippen LogP contribution < -0.4 is 10.2 Å². The molecule has 2 aromatic rings. The molecule has 5 rings (SSSR count). The second kappa shape index (κ2) is 6.42. The number of anilines is 1. The van der Waals surface area contributed by atoms with E-state index in [9.17, 15) is 4.79 Å². The van der Waals surface area contributed by atoms with Gasteiger partial charge in [0.05, 0.1) is 17.0 Å². The molecule has 1 aliphatic heterocycles. The fourth-order valence-electron chi connectivity index (χ4n) is 5.55. The van der Waals surface area contributed by atoms with E-state index in [2.05, 4.69) is 27.2 Å². The minimum atomic E-state index is 0.0133. The molecule has 0 aromatic carbocycles. The molecule has 1 N–H and O–H groups in total. The molecular formula is C21H30N6O. The van der Waals surface area contributed by atoms with E-state index in [1.807, 2.05) is 24.9 Å². The van der Waals surface area contributed by atoms with Gasteiger partial charge in [-0.05, 0) is 57.8 Å². The van der Waals surface area contributed by atoms with Crippen molar-refractivity contribution in [2.75, 3.05) is 18.0 Å². The Hall–Kier alpha value is -2.18. The van der Waals surface area contributed by atoms with Crippen LogP contribution in [-0.4, -0.2) is 44.8 Å². The number of rotatable bonds is 4. The first-order chi connectivity index (χ1) is 13.5. The zero-order chi connectivity index (χ0) is 19.5. The molecule has 7 nitrogen and oxygen atoms in total. The summed E-state index contributed by atoms with van der Waals surface area (Å²) < 4.78 is 1.81. The largest absolute Gasteiger partial charge is 0.356 e. The predicted molar refractivity (Wildman–Crippen MR) is 108 cm³/mol. The van der Waals surface area contributed by atoms with Crippen LogP contribution in [0.5, 0.6) is 0 Å². The smallest absolute Gasteiger partial charge is 0.226 e. The van der Waals surface area contributed by atoms with Crippen molar-refractivity contribution in [2.45, 2.75) is 58.4 Å². The number of fused-ring (bicyclic) bond motifs is 2. The molecular weight excluding hydrogens is 352 g/mol. The third-order valence-electron chi connectivity index (χ3n) is 7.45. The van der Waals surface area contributed by atoms with Gasteiger partial charge >= 0.3 is 0 Å². The van der Waals surface area contributed by atoms with Gasteiger partial charge in [0.1, 0.15) is 11.6 Å². The maximum absolute atomic E-state index is 12.8. The summed E-state index contributed by atoms with van der Waals surface area (Å²) >= 11 is 0. The Labute approximate surface area is 165 Å². The highest BCUT2D eigenvalue weighted by Gasteiger charge is 2.62. The highest BCUT2D eigenvalue weighted by atomic mass is 16.2. The summed E-state index contributed by atoms with van der Waals surface area (Å²) in [6.07, 6.45) is 8.71. The van der Waals surface area contributed by atoms with E-state index < -0.39 is 0 Å². The monoisotopic (exact) mass is 382 g/mol. The van der Waals surface area contributed by atoms with E-state index >= 15 is 0 Å². The topological polar surface area (TPSA) is 75.9 Å². The van der Waals surface area contributed by atoms with Crippen LogP contribution in [0.4, 0.5) is 5.82 Å². The summed E-state index contributed by atoms with van der Waals surface area (Å²) in [5.74, 6) is 3.31. The van der Waals surface area contributed by atoms with Gasteiger partial charge in [0, 0.05) is 26.2 Å². The van der Waals surface area contributed by atoms with E-state index in [4.69, 9.17) is 4.98 Å². The third kappa shape index (κ3) is 2.78. The molecule has 2 saturated carbocycles. The number of carbonyl (C=O) groups is 1. The van der Waals surface area contributed by atoms with Gasteiger partial charge in [-0.25, -0.2) is 9.97 Å². The molecule has 3 atom stereocenters. The molecule has 3 aliphatic rings. The summed E-state index contributed by atoms with van der Waals surface area (Å²) in [6, 6.07) is 0.247. The average molecular weight is 383 g/mol. The summed E-state index contributed by atoms with van der Waals surface area (Å²) in [5, 5.41) is 8.75. The van der Waals surface area contributed by atoms with Crippen molar-refractivity contribution in [3.05, 3.63) is 12.0 Å².